The maximum atomic E-state index is 12.4. The molecule has 0 aliphatic heterocycles. The molecule has 0 bridgehead atoms. The van der Waals surface area contributed by atoms with Crippen LogP contribution in [0.15, 0.2) is 29.0 Å². The lowest BCUT2D eigenvalue weighted by molar-refractivity contribution is 0.0380. The van der Waals surface area contributed by atoms with E-state index in [1.54, 1.807) is 24.5 Å². The Kier molecular flexibility index (Phi) is 5.65. The zero-order valence-electron chi connectivity index (χ0n) is 12.9. The second-order valence-electron chi connectivity index (χ2n) is 5.14. The van der Waals surface area contributed by atoms with Gasteiger partial charge in [-0.25, -0.2) is 0 Å². The number of aliphatic hydroxyl groups excluding tert-OH is 1. The molecule has 2 heterocycles. The van der Waals surface area contributed by atoms with Gasteiger partial charge in [-0.2, -0.15) is 11.3 Å². The number of carbonyl (C=O) groups excluding carboxylic acids is 1. The second-order valence-corrected chi connectivity index (χ2v) is 5.92. The molecule has 118 valence electrons. The van der Waals surface area contributed by atoms with Gasteiger partial charge in [0.25, 0.3) is 5.91 Å². The van der Waals surface area contributed by atoms with E-state index in [2.05, 4.69) is 4.98 Å². The normalized spacial score (nSPS) is 12.2. The maximum absolute atomic E-state index is 12.4. The maximum Gasteiger partial charge on any atom is 0.255 e. The molecule has 1 unspecified atom stereocenters. The second kappa shape index (κ2) is 7.49. The summed E-state index contributed by atoms with van der Waals surface area (Å²) < 4.78 is 4.87. The van der Waals surface area contributed by atoms with Crippen molar-refractivity contribution in [3.63, 3.8) is 0 Å². The van der Waals surface area contributed by atoms with Crippen molar-refractivity contribution < 1.29 is 14.6 Å². The summed E-state index contributed by atoms with van der Waals surface area (Å²) in [5, 5.41) is 13.7. The third-order valence-electron chi connectivity index (χ3n) is 3.32. The van der Waals surface area contributed by atoms with Crippen LogP contribution in [0.1, 0.15) is 16.1 Å². The number of aryl methyl sites for hydroxylation is 1. The number of hydrogen-bond donors (Lipinski definition) is 1. The van der Waals surface area contributed by atoms with Crippen molar-refractivity contribution in [2.45, 2.75) is 13.0 Å². The Morgan fingerprint density at radius 1 is 1.45 bits per heavy atom. The Labute approximate surface area is 134 Å². The van der Waals surface area contributed by atoms with Crippen LogP contribution >= 0.6 is 11.3 Å². The first-order valence-corrected chi connectivity index (χ1v) is 7.90. The summed E-state index contributed by atoms with van der Waals surface area (Å²) >= 11 is 1.61. The Bertz CT molecular complexity index is 628. The van der Waals surface area contributed by atoms with Gasteiger partial charge in [-0.15, -0.1) is 0 Å². The molecule has 0 saturated heterocycles. The van der Waals surface area contributed by atoms with Gasteiger partial charge in [-0.05, 0) is 30.5 Å². The van der Waals surface area contributed by atoms with Crippen LogP contribution in [0.25, 0.3) is 11.3 Å². The molecule has 0 aromatic carbocycles. The van der Waals surface area contributed by atoms with Gasteiger partial charge in [0.2, 0.25) is 0 Å². The fourth-order valence-corrected chi connectivity index (χ4v) is 2.86. The predicted molar refractivity (Wildman–Crippen MR) is 87.1 cm³/mol. The molecule has 0 saturated carbocycles. The van der Waals surface area contributed by atoms with Crippen LogP contribution in [0.2, 0.25) is 0 Å². The first kappa shape index (κ1) is 16.6. The monoisotopic (exact) mass is 320 g/mol. The average molecular weight is 320 g/mol. The van der Waals surface area contributed by atoms with Crippen molar-refractivity contribution in [1.82, 2.24) is 9.88 Å². The molecule has 6 heteroatoms. The van der Waals surface area contributed by atoms with E-state index in [4.69, 9.17) is 4.74 Å². The first-order chi connectivity index (χ1) is 10.5. The summed E-state index contributed by atoms with van der Waals surface area (Å²) in [5.41, 5.74) is 3.14. The molecule has 0 aliphatic carbocycles. The molecular formula is C16H20N2O3S. The van der Waals surface area contributed by atoms with E-state index < -0.39 is 6.10 Å². The lowest BCUT2D eigenvalue weighted by Crippen LogP contribution is -2.36. The zero-order chi connectivity index (χ0) is 16.1. The minimum atomic E-state index is -0.697. The number of methoxy groups -OCH3 is 1. The minimum absolute atomic E-state index is 0.156. The molecule has 0 spiro atoms. The van der Waals surface area contributed by atoms with Crippen LogP contribution < -0.4 is 0 Å². The Morgan fingerprint density at radius 3 is 2.82 bits per heavy atom. The molecule has 0 radical (unpaired) electrons. The minimum Gasteiger partial charge on any atom is -0.389 e. The lowest BCUT2D eigenvalue weighted by atomic mass is 10.1. The van der Waals surface area contributed by atoms with Crippen molar-refractivity contribution in [1.29, 1.82) is 0 Å². The van der Waals surface area contributed by atoms with Crippen molar-refractivity contribution in [2.75, 3.05) is 27.3 Å². The summed E-state index contributed by atoms with van der Waals surface area (Å²) in [6.07, 6.45) is -0.697. The summed E-state index contributed by atoms with van der Waals surface area (Å²) in [5.74, 6) is -0.156. The zero-order valence-corrected chi connectivity index (χ0v) is 13.8. The number of hydrogen-bond acceptors (Lipinski definition) is 5. The molecule has 1 amide bonds. The van der Waals surface area contributed by atoms with E-state index in [-0.39, 0.29) is 19.1 Å². The molecule has 1 N–H and O–H groups in total. The summed E-state index contributed by atoms with van der Waals surface area (Å²) in [6.45, 7) is 2.24. The third-order valence-corrected chi connectivity index (χ3v) is 4.01. The van der Waals surface area contributed by atoms with E-state index in [0.717, 1.165) is 11.3 Å². The SMILES string of the molecule is COCC(O)CN(C)C(=O)c1ccc(-c2ccsc2)nc1C. The van der Waals surface area contributed by atoms with Crippen LogP contribution in [0.4, 0.5) is 0 Å². The van der Waals surface area contributed by atoms with Gasteiger partial charge in [0, 0.05) is 31.6 Å². The number of aliphatic hydroxyl groups is 1. The fourth-order valence-electron chi connectivity index (χ4n) is 2.21. The number of carbonyl (C=O) groups is 1. The highest BCUT2D eigenvalue weighted by Gasteiger charge is 2.18. The largest absolute Gasteiger partial charge is 0.389 e. The predicted octanol–water partition coefficient (Wildman–Crippen LogP) is 2.20. The first-order valence-electron chi connectivity index (χ1n) is 6.95. The summed E-state index contributed by atoms with van der Waals surface area (Å²) in [7, 11) is 3.18. The van der Waals surface area contributed by atoms with Gasteiger partial charge < -0.3 is 14.7 Å². The van der Waals surface area contributed by atoms with Gasteiger partial charge >= 0.3 is 0 Å². The molecular weight excluding hydrogens is 300 g/mol. The van der Waals surface area contributed by atoms with Gasteiger partial charge in [0.15, 0.2) is 0 Å². The summed E-state index contributed by atoms with van der Waals surface area (Å²) in [4.78, 5) is 18.4. The molecule has 0 aliphatic rings. The van der Waals surface area contributed by atoms with Gasteiger partial charge in [0.1, 0.15) is 0 Å². The number of aromatic nitrogens is 1. The topological polar surface area (TPSA) is 62.7 Å². The van der Waals surface area contributed by atoms with Gasteiger partial charge in [-0.3, -0.25) is 9.78 Å². The highest BCUT2D eigenvalue weighted by Crippen LogP contribution is 2.22. The third kappa shape index (κ3) is 3.91. The van der Waals surface area contributed by atoms with Crippen LogP contribution in [0, 0.1) is 6.92 Å². The number of ether oxygens (including phenoxy) is 1. The number of pyridine rings is 1. The molecule has 2 aromatic rings. The number of likely N-dealkylation sites (N-methyl/N-ethyl adjacent to an activating group) is 1. The number of thiophene rings is 1. The smallest absolute Gasteiger partial charge is 0.255 e. The van der Waals surface area contributed by atoms with Crippen LogP contribution in [0.5, 0.6) is 0 Å². The highest BCUT2D eigenvalue weighted by atomic mass is 32.1. The molecule has 2 rings (SSSR count). The van der Waals surface area contributed by atoms with E-state index >= 15 is 0 Å². The van der Waals surface area contributed by atoms with Crippen LogP contribution in [-0.4, -0.2) is 54.3 Å². The fraction of sp³-hybridized carbons (Fsp3) is 0.375. The molecule has 2 aromatic heterocycles. The lowest BCUT2D eigenvalue weighted by Gasteiger charge is -2.21. The molecule has 1 atom stereocenters. The summed E-state index contributed by atoms with van der Waals surface area (Å²) in [6, 6.07) is 5.64. The number of amides is 1. The van der Waals surface area contributed by atoms with Gasteiger partial charge in [-0.1, -0.05) is 0 Å². The number of rotatable bonds is 6. The van der Waals surface area contributed by atoms with E-state index in [1.807, 2.05) is 29.8 Å². The Hall–Kier alpha value is -1.76. The van der Waals surface area contributed by atoms with Crippen molar-refractivity contribution >= 4 is 17.2 Å². The molecule has 5 nitrogen and oxygen atoms in total. The quantitative estimate of drug-likeness (QED) is 0.886. The highest BCUT2D eigenvalue weighted by molar-refractivity contribution is 7.08. The van der Waals surface area contributed by atoms with E-state index in [0.29, 0.717) is 11.3 Å². The standard InChI is InChI=1S/C16H20N2O3S/c1-11-14(16(20)18(2)8-13(19)9-21-3)4-5-15(17-11)12-6-7-22-10-12/h4-7,10,13,19H,8-9H2,1-3H3. The van der Waals surface area contributed by atoms with Crippen LogP contribution in [0.3, 0.4) is 0 Å². The van der Waals surface area contributed by atoms with E-state index in [1.165, 1.54) is 12.0 Å². The van der Waals surface area contributed by atoms with E-state index in [9.17, 15) is 9.90 Å². The number of nitrogens with zero attached hydrogens (tertiary/aromatic N) is 2. The Morgan fingerprint density at radius 2 is 2.23 bits per heavy atom. The van der Waals surface area contributed by atoms with Crippen molar-refractivity contribution in [3.05, 3.63) is 40.2 Å². The molecule has 22 heavy (non-hydrogen) atoms. The van der Waals surface area contributed by atoms with Crippen LogP contribution in [-0.2, 0) is 4.74 Å². The van der Waals surface area contributed by atoms with Gasteiger partial charge in [0.05, 0.1) is 29.7 Å². The van der Waals surface area contributed by atoms with Crippen molar-refractivity contribution in [2.24, 2.45) is 0 Å². The average Bonchev–Trinajstić information content (AvgIpc) is 3.00. The van der Waals surface area contributed by atoms with Crippen molar-refractivity contribution in [3.8, 4) is 11.3 Å². The Balaban J connectivity index is 2.13. The molecule has 0 fully saturated rings.